The number of carbonyl (C=O) groups is 1. The van der Waals surface area contributed by atoms with E-state index in [0.717, 1.165) is 80.1 Å². The van der Waals surface area contributed by atoms with Crippen LogP contribution in [-0.4, -0.2) is 68.2 Å². The van der Waals surface area contributed by atoms with Crippen molar-refractivity contribution in [3.8, 4) is 5.75 Å². The van der Waals surface area contributed by atoms with Crippen LogP contribution < -0.4 is 25.6 Å². The average molecular weight is 753 g/mol. The molecular formula is C41H56N10O4. The fraction of sp³-hybridized carbons (Fsp3) is 0.537. The molecule has 2 amide bonds. The largest absolute Gasteiger partial charge is 0.484 e. The van der Waals surface area contributed by atoms with Crippen LogP contribution in [0.1, 0.15) is 109 Å². The Morgan fingerprint density at radius 1 is 1.02 bits per heavy atom. The van der Waals surface area contributed by atoms with Gasteiger partial charge in [-0.05, 0) is 88.0 Å². The second-order valence-corrected chi connectivity index (χ2v) is 16.0. The van der Waals surface area contributed by atoms with E-state index in [2.05, 4.69) is 55.2 Å². The van der Waals surface area contributed by atoms with E-state index in [9.17, 15) is 4.79 Å². The van der Waals surface area contributed by atoms with Gasteiger partial charge in [-0.3, -0.25) is 14.4 Å². The summed E-state index contributed by atoms with van der Waals surface area (Å²) in [5, 5.41) is 31.6. The van der Waals surface area contributed by atoms with Crippen LogP contribution in [0, 0.1) is 10.8 Å². The smallest absolute Gasteiger partial charge is 0.320 e. The number of hydrogen-bond donors (Lipinski definition) is 4. The number of ether oxygens (including phenoxy) is 3. The molecule has 4 aromatic rings. The number of allylic oxidation sites excluding steroid dienone is 1. The number of benzene rings is 1. The van der Waals surface area contributed by atoms with Gasteiger partial charge in [0.2, 0.25) is 5.95 Å². The lowest BCUT2D eigenvalue weighted by atomic mass is 9.85. The predicted molar refractivity (Wildman–Crippen MR) is 212 cm³/mol. The SMILES string of the molecule is C[C@H]1CCCCN1c1nnc2ccc(O[C@@H]3CC[C@H](NC(=O)N/C(=C/C(=N)C(C)(C)C)Nc4cnn(CCCOC5CCCCO5)c4)c4ccccc43)cn12. The number of fused-ring (bicyclic) bond motifs is 2. The standard InChI is InChI=1S/C41H56N10O4/c1-28-12-7-9-21-50(28)40-48-47-37-19-16-30(27-51(37)40)55-34-18-17-33(31-13-5-6-14-32(31)34)45-39(52)46-36(24-35(42)41(2,3)4)44-29-25-43-49(26-29)20-11-23-54-38-15-8-10-22-53-38/h5-6,13-14,16,19,24-28,33-34,38,42,44H,7-12,15,17-18,20-23H2,1-4H3,(H2,45,46,52)/b36-24+,42-35?/t28-,33-,34+,38?/m0/s1. The minimum atomic E-state index is -0.416. The molecule has 3 aromatic heterocycles. The maximum atomic E-state index is 13.7. The quantitative estimate of drug-likeness (QED) is 0.0802. The molecule has 4 N–H and O–H groups in total. The summed E-state index contributed by atoms with van der Waals surface area (Å²) in [7, 11) is 0. The number of nitrogens with zero attached hydrogens (tertiary/aromatic N) is 6. The number of nitrogens with one attached hydrogen (secondary N) is 4. The van der Waals surface area contributed by atoms with Gasteiger partial charge in [0, 0.05) is 49.1 Å². The summed E-state index contributed by atoms with van der Waals surface area (Å²) >= 11 is 0. The molecule has 14 heteroatoms. The third kappa shape index (κ3) is 9.65. The van der Waals surface area contributed by atoms with Crippen molar-refractivity contribution < 1.29 is 19.0 Å². The Morgan fingerprint density at radius 3 is 2.65 bits per heavy atom. The second kappa shape index (κ2) is 17.2. The van der Waals surface area contributed by atoms with E-state index in [-0.39, 0.29) is 24.5 Å². The summed E-state index contributed by atoms with van der Waals surface area (Å²) < 4.78 is 22.1. The fourth-order valence-electron chi connectivity index (χ4n) is 7.48. The van der Waals surface area contributed by atoms with Crippen molar-refractivity contribution in [3.63, 3.8) is 0 Å². The number of aryl methyl sites for hydroxylation is 1. The van der Waals surface area contributed by atoms with Gasteiger partial charge < -0.3 is 35.2 Å². The maximum Gasteiger partial charge on any atom is 0.320 e. The van der Waals surface area contributed by atoms with E-state index in [1.807, 2.05) is 66.5 Å². The van der Waals surface area contributed by atoms with E-state index in [1.54, 1.807) is 12.3 Å². The van der Waals surface area contributed by atoms with Gasteiger partial charge in [0.25, 0.3) is 0 Å². The number of pyridine rings is 1. The van der Waals surface area contributed by atoms with E-state index in [0.29, 0.717) is 49.3 Å². The normalized spacial score (nSPS) is 21.9. The van der Waals surface area contributed by atoms with Crippen molar-refractivity contribution in [1.29, 1.82) is 5.41 Å². The van der Waals surface area contributed by atoms with E-state index < -0.39 is 5.41 Å². The molecule has 1 aliphatic carbocycles. The molecule has 0 radical (unpaired) electrons. The Morgan fingerprint density at radius 2 is 1.85 bits per heavy atom. The molecule has 0 saturated carbocycles. The highest BCUT2D eigenvalue weighted by Crippen LogP contribution is 2.39. The van der Waals surface area contributed by atoms with E-state index in [4.69, 9.17) is 19.6 Å². The van der Waals surface area contributed by atoms with E-state index in [1.165, 1.54) is 6.42 Å². The lowest BCUT2D eigenvalue weighted by Crippen LogP contribution is -2.41. The molecule has 7 rings (SSSR count). The molecule has 0 bridgehead atoms. The molecule has 4 atom stereocenters. The van der Waals surface area contributed by atoms with Crippen LogP contribution in [-0.2, 0) is 16.0 Å². The van der Waals surface area contributed by atoms with Crippen molar-refractivity contribution in [3.05, 3.63) is 78.0 Å². The fourth-order valence-corrected chi connectivity index (χ4v) is 7.48. The van der Waals surface area contributed by atoms with Gasteiger partial charge in [-0.1, -0.05) is 45.0 Å². The number of amides is 2. The van der Waals surface area contributed by atoms with Crippen molar-refractivity contribution in [1.82, 2.24) is 35.0 Å². The minimum Gasteiger partial charge on any atom is -0.484 e. The Balaban J connectivity index is 0.990. The van der Waals surface area contributed by atoms with Crippen molar-refractivity contribution >= 4 is 29.0 Å². The van der Waals surface area contributed by atoms with Crippen molar-refractivity contribution in [2.24, 2.45) is 5.41 Å². The van der Waals surface area contributed by atoms with Crippen LogP contribution in [0.3, 0.4) is 0 Å². The Labute approximate surface area is 323 Å². The topological polar surface area (TPSA) is 156 Å². The summed E-state index contributed by atoms with van der Waals surface area (Å²) in [6.07, 6.45) is 15.9. The number of urea groups is 1. The van der Waals surface area contributed by atoms with Gasteiger partial charge in [-0.15, -0.1) is 10.2 Å². The zero-order valence-electron chi connectivity index (χ0n) is 32.6. The first-order valence-electron chi connectivity index (χ1n) is 19.9. The predicted octanol–water partition coefficient (Wildman–Crippen LogP) is 7.51. The second-order valence-electron chi connectivity index (χ2n) is 16.0. The van der Waals surface area contributed by atoms with Crippen LogP contribution in [0.5, 0.6) is 5.75 Å². The zero-order chi connectivity index (χ0) is 38.4. The first kappa shape index (κ1) is 38.3. The summed E-state index contributed by atoms with van der Waals surface area (Å²) in [4.78, 5) is 16.0. The van der Waals surface area contributed by atoms with E-state index >= 15 is 0 Å². The minimum absolute atomic E-state index is 0.104. The lowest BCUT2D eigenvalue weighted by Gasteiger charge is -2.33. The first-order chi connectivity index (χ1) is 26.6. The highest BCUT2D eigenvalue weighted by atomic mass is 16.7. The van der Waals surface area contributed by atoms with Crippen LogP contribution in [0.4, 0.5) is 16.4 Å². The number of hydrogen-bond acceptors (Lipinski definition) is 10. The monoisotopic (exact) mass is 752 g/mol. The zero-order valence-corrected chi connectivity index (χ0v) is 32.6. The summed E-state index contributed by atoms with van der Waals surface area (Å²) in [5.41, 5.74) is 3.51. The Bertz CT molecular complexity index is 1960. The van der Waals surface area contributed by atoms with Gasteiger partial charge in [-0.2, -0.15) is 5.10 Å². The Hall–Kier alpha value is -4.95. The third-order valence-electron chi connectivity index (χ3n) is 10.7. The van der Waals surface area contributed by atoms with Crippen LogP contribution in [0.15, 0.2) is 66.9 Å². The molecule has 55 heavy (non-hydrogen) atoms. The number of anilines is 2. The summed E-state index contributed by atoms with van der Waals surface area (Å²) in [6, 6.07) is 11.9. The molecule has 2 aliphatic heterocycles. The maximum absolute atomic E-state index is 13.7. The van der Waals surface area contributed by atoms with Gasteiger partial charge >= 0.3 is 6.03 Å². The molecule has 3 aliphatic rings. The highest BCUT2D eigenvalue weighted by molar-refractivity contribution is 5.97. The van der Waals surface area contributed by atoms with Crippen molar-refractivity contribution in [2.45, 2.75) is 117 Å². The Kier molecular flexibility index (Phi) is 12.0. The lowest BCUT2D eigenvalue weighted by molar-refractivity contribution is -0.163. The molecule has 5 heterocycles. The van der Waals surface area contributed by atoms with Crippen LogP contribution in [0.2, 0.25) is 0 Å². The van der Waals surface area contributed by atoms with Gasteiger partial charge in [0.05, 0.1) is 30.7 Å². The molecule has 14 nitrogen and oxygen atoms in total. The molecule has 0 spiro atoms. The highest BCUT2D eigenvalue weighted by Gasteiger charge is 2.30. The molecule has 1 unspecified atom stereocenters. The summed E-state index contributed by atoms with van der Waals surface area (Å²) in [5.74, 6) is 1.99. The average Bonchev–Trinajstić information content (AvgIpc) is 3.81. The molecule has 294 valence electrons. The number of carbonyl (C=O) groups excluding carboxylic acids is 1. The first-order valence-corrected chi connectivity index (χ1v) is 19.9. The number of piperidine rings is 1. The number of rotatable bonds is 13. The van der Waals surface area contributed by atoms with Crippen molar-refractivity contribution in [2.75, 3.05) is 30.0 Å². The molecule has 1 aromatic carbocycles. The van der Waals surface area contributed by atoms with Gasteiger partial charge in [0.15, 0.2) is 11.9 Å². The summed E-state index contributed by atoms with van der Waals surface area (Å²) in [6.45, 7) is 11.2. The van der Waals surface area contributed by atoms with Crippen LogP contribution >= 0.6 is 0 Å². The molecular weight excluding hydrogens is 697 g/mol. The molecule has 2 fully saturated rings. The third-order valence-corrected chi connectivity index (χ3v) is 10.7. The molecule has 2 saturated heterocycles. The van der Waals surface area contributed by atoms with Gasteiger partial charge in [-0.25, -0.2) is 4.79 Å². The number of aromatic nitrogens is 5. The van der Waals surface area contributed by atoms with Crippen LogP contribution in [0.25, 0.3) is 5.65 Å². The van der Waals surface area contributed by atoms with Gasteiger partial charge in [0.1, 0.15) is 17.7 Å².